The Hall–Kier alpha value is -4.59. The van der Waals surface area contributed by atoms with Crippen LogP contribution in [0.5, 0.6) is 11.5 Å². The molecular formula is C29H26N2O6. The van der Waals surface area contributed by atoms with E-state index in [2.05, 4.69) is 0 Å². The Kier molecular flexibility index (Phi) is 6.40. The highest BCUT2D eigenvalue weighted by atomic mass is 16.5. The first-order valence-corrected chi connectivity index (χ1v) is 11.9. The van der Waals surface area contributed by atoms with E-state index >= 15 is 0 Å². The summed E-state index contributed by atoms with van der Waals surface area (Å²) >= 11 is 0. The molecule has 8 heteroatoms. The molecule has 2 heterocycles. The van der Waals surface area contributed by atoms with E-state index in [9.17, 15) is 14.4 Å². The van der Waals surface area contributed by atoms with E-state index < -0.39 is 11.9 Å². The molecule has 0 radical (unpaired) electrons. The van der Waals surface area contributed by atoms with Gasteiger partial charge in [-0.25, -0.2) is 0 Å². The normalized spacial score (nSPS) is 14.6. The lowest BCUT2D eigenvalue weighted by molar-refractivity contribution is -0.119. The maximum absolute atomic E-state index is 13.7. The van der Waals surface area contributed by atoms with Gasteiger partial charge in [-0.05, 0) is 60.9 Å². The zero-order valence-electron chi connectivity index (χ0n) is 20.5. The number of methoxy groups -OCH3 is 1. The van der Waals surface area contributed by atoms with Crippen LogP contribution in [0.3, 0.4) is 0 Å². The second-order valence-electron chi connectivity index (χ2n) is 9.00. The van der Waals surface area contributed by atoms with Crippen LogP contribution in [0, 0.1) is 6.92 Å². The molecule has 0 aliphatic carbocycles. The average molecular weight is 499 g/mol. The molecule has 1 aromatic heterocycles. The summed E-state index contributed by atoms with van der Waals surface area (Å²) < 4.78 is 16.6. The predicted octanol–water partition coefficient (Wildman–Crippen LogP) is 3.76. The maximum atomic E-state index is 13.7. The highest BCUT2D eigenvalue weighted by Gasteiger charge is 2.42. The monoisotopic (exact) mass is 498 g/mol. The van der Waals surface area contributed by atoms with E-state index in [1.54, 1.807) is 48.4 Å². The molecule has 1 aliphatic rings. The lowest BCUT2D eigenvalue weighted by atomic mass is 9.98. The summed E-state index contributed by atoms with van der Waals surface area (Å²) in [6.07, 6.45) is 0.576. The number of primary amides is 1. The van der Waals surface area contributed by atoms with Crippen molar-refractivity contribution >= 4 is 22.8 Å². The molecule has 1 aliphatic heterocycles. The van der Waals surface area contributed by atoms with E-state index in [0.29, 0.717) is 35.2 Å². The third kappa shape index (κ3) is 4.65. The van der Waals surface area contributed by atoms with Crippen molar-refractivity contribution in [2.45, 2.75) is 19.4 Å². The van der Waals surface area contributed by atoms with Crippen molar-refractivity contribution in [2.75, 3.05) is 20.3 Å². The van der Waals surface area contributed by atoms with Gasteiger partial charge in [0.05, 0.1) is 24.1 Å². The van der Waals surface area contributed by atoms with Gasteiger partial charge in [0.2, 0.25) is 5.76 Å². The fourth-order valence-electron chi connectivity index (χ4n) is 4.65. The number of ether oxygens (including phenoxy) is 2. The number of fused-ring (bicyclic) bond motifs is 2. The van der Waals surface area contributed by atoms with Crippen molar-refractivity contribution in [1.29, 1.82) is 0 Å². The van der Waals surface area contributed by atoms with Crippen LogP contribution in [0.15, 0.2) is 75.9 Å². The van der Waals surface area contributed by atoms with Crippen LogP contribution < -0.4 is 20.6 Å². The quantitative estimate of drug-likeness (QED) is 0.396. The maximum Gasteiger partial charge on any atom is 0.290 e. The number of hydrogen-bond acceptors (Lipinski definition) is 6. The molecule has 4 aromatic rings. The number of hydrogen-bond donors (Lipinski definition) is 1. The summed E-state index contributed by atoms with van der Waals surface area (Å²) in [5.41, 5.74) is 8.33. The Morgan fingerprint density at radius 3 is 2.38 bits per heavy atom. The van der Waals surface area contributed by atoms with Gasteiger partial charge < -0.3 is 24.5 Å². The van der Waals surface area contributed by atoms with Crippen LogP contribution in [-0.2, 0) is 11.2 Å². The minimum absolute atomic E-state index is 0.0649. The molecule has 3 aromatic carbocycles. The number of rotatable bonds is 8. The van der Waals surface area contributed by atoms with Gasteiger partial charge in [0.15, 0.2) is 12.0 Å². The smallest absolute Gasteiger partial charge is 0.290 e. The van der Waals surface area contributed by atoms with Crippen LogP contribution in [-0.4, -0.2) is 37.0 Å². The van der Waals surface area contributed by atoms with Gasteiger partial charge in [0.1, 0.15) is 17.1 Å². The molecular weight excluding hydrogens is 472 g/mol. The molecule has 0 unspecified atom stereocenters. The molecule has 1 atom stereocenters. The Morgan fingerprint density at radius 1 is 1.00 bits per heavy atom. The van der Waals surface area contributed by atoms with Gasteiger partial charge in [-0.3, -0.25) is 14.4 Å². The lowest BCUT2D eigenvalue weighted by Crippen LogP contribution is -2.31. The lowest BCUT2D eigenvalue weighted by Gasteiger charge is -2.25. The first-order chi connectivity index (χ1) is 17.9. The Bertz CT molecular complexity index is 1540. The van der Waals surface area contributed by atoms with Crippen LogP contribution in [0.25, 0.3) is 11.0 Å². The SMILES string of the molecule is COc1ccc(CCN2C(=O)c3oc4ccc(C)cc4c(=O)c3[C@H]2c2ccc(OCC(N)=O)cc2)cc1. The fraction of sp³-hybridized carbons (Fsp3) is 0.207. The van der Waals surface area contributed by atoms with E-state index in [1.165, 1.54) is 0 Å². The highest BCUT2D eigenvalue weighted by Crippen LogP contribution is 2.38. The van der Waals surface area contributed by atoms with Gasteiger partial charge in [-0.15, -0.1) is 0 Å². The van der Waals surface area contributed by atoms with Gasteiger partial charge in [0, 0.05) is 6.54 Å². The third-order valence-corrected chi connectivity index (χ3v) is 6.50. The molecule has 0 fully saturated rings. The van der Waals surface area contributed by atoms with E-state index in [1.807, 2.05) is 37.3 Å². The Balaban J connectivity index is 1.55. The molecule has 2 amide bonds. The largest absolute Gasteiger partial charge is 0.497 e. The zero-order chi connectivity index (χ0) is 26.1. The summed E-state index contributed by atoms with van der Waals surface area (Å²) in [4.78, 5) is 40.0. The van der Waals surface area contributed by atoms with Gasteiger partial charge in [-0.2, -0.15) is 0 Å². The van der Waals surface area contributed by atoms with Crippen molar-refractivity contribution < 1.29 is 23.5 Å². The molecule has 8 nitrogen and oxygen atoms in total. The van der Waals surface area contributed by atoms with Crippen LogP contribution in [0.2, 0.25) is 0 Å². The second kappa shape index (κ2) is 9.81. The van der Waals surface area contributed by atoms with Crippen molar-refractivity contribution in [3.8, 4) is 11.5 Å². The van der Waals surface area contributed by atoms with Crippen LogP contribution in [0.4, 0.5) is 0 Å². The van der Waals surface area contributed by atoms with Gasteiger partial charge in [-0.1, -0.05) is 35.9 Å². The van der Waals surface area contributed by atoms with E-state index in [4.69, 9.17) is 19.6 Å². The number of aryl methyl sites for hydroxylation is 1. The van der Waals surface area contributed by atoms with Crippen molar-refractivity contribution in [3.63, 3.8) is 0 Å². The van der Waals surface area contributed by atoms with Crippen molar-refractivity contribution in [2.24, 2.45) is 5.73 Å². The van der Waals surface area contributed by atoms with Crippen molar-refractivity contribution in [3.05, 3.63) is 105 Å². The summed E-state index contributed by atoms with van der Waals surface area (Å²) in [7, 11) is 1.61. The number of benzene rings is 3. The standard InChI is InChI=1S/C29H26N2O6/c1-17-3-12-23-22(15-17)27(33)25-26(19-6-10-21(11-7-19)36-16-24(30)32)31(29(34)28(25)37-23)14-13-18-4-8-20(35-2)9-5-18/h3-12,15,26H,13-14,16H2,1-2H3,(H2,30,32)/t26-/m1/s1. The van der Waals surface area contributed by atoms with Crippen molar-refractivity contribution in [1.82, 2.24) is 4.90 Å². The number of amides is 2. The first-order valence-electron chi connectivity index (χ1n) is 11.9. The predicted molar refractivity (Wildman–Crippen MR) is 138 cm³/mol. The zero-order valence-corrected chi connectivity index (χ0v) is 20.5. The summed E-state index contributed by atoms with van der Waals surface area (Å²) in [5, 5.41) is 0.440. The number of carbonyl (C=O) groups excluding carboxylic acids is 2. The minimum Gasteiger partial charge on any atom is -0.497 e. The summed E-state index contributed by atoms with van der Waals surface area (Å²) in [6.45, 7) is 2.03. The second-order valence-corrected chi connectivity index (χ2v) is 9.00. The molecule has 37 heavy (non-hydrogen) atoms. The molecule has 0 spiro atoms. The van der Waals surface area contributed by atoms with Gasteiger partial charge >= 0.3 is 0 Å². The summed E-state index contributed by atoms with van der Waals surface area (Å²) in [6, 6.07) is 19.3. The number of nitrogens with two attached hydrogens (primary N) is 1. The summed E-state index contributed by atoms with van der Waals surface area (Å²) in [5.74, 6) is 0.362. The first kappa shape index (κ1) is 24.1. The van der Waals surface area contributed by atoms with Crippen LogP contribution in [0.1, 0.15) is 38.9 Å². The van der Waals surface area contributed by atoms with Crippen LogP contribution >= 0.6 is 0 Å². The highest BCUT2D eigenvalue weighted by molar-refractivity contribution is 5.99. The van der Waals surface area contributed by atoms with Gasteiger partial charge in [0.25, 0.3) is 11.8 Å². The number of nitrogens with zero attached hydrogens (tertiary/aromatic N) is 1. The van der Waals surface area contributed by atoms with E-state index in [0.717, 1.165) is 22.4 Å². The molecule has 5 rings (SSSR count). The third-order valence-electron chi connectivity index (χ3n) is 6.50. The Labute approximate surface area is 213 Å². The molecule has 0 saturated carbocycles. The Morgan fingerprint density at radius 2 is 1.70 bits per heavy atom. The molecule has 0 saturated heterocycles. The fourth-order valence-corrected chi connectivity index (χ4v) is 4.65. The molecule has 2 N–H and O–H groups in total. The number of carbonyl (C=O) groups is 2. The average Bonchev–Trinajstić information content (AvgIpc) is 3.18. The molecule has 188 valence electrons. The molecule has 0 bridgehead atoms. The van der Waals surface area contributed by atoms with E-state index in [-0.39, 0.29) is 23.7 Å². The topological polar surface area (TPSA) is 112 Å². The minimum atomic E-state index is -0.632.